The van der Waals surface area contributed by atoms with Gasteiger partial charge in [0.1, 0.15) is 6.61 Å². The third-order valence-electron chi connectivity index (χ3n) is 0.826. The van der Waals surface area contributed by atoms with Gasteiger partial charge in [0.15, 0.2) is 0 Å². The van der Waals surface area contributed by atoms with Gasteiger partial charge in [-0.1, -0.05) is 30.9 Å². The first-order chi connectivity index (χ1) is 4.41. The van der Waals surface area contributed by atoms with E-state index in [4.69, 9.17) is 5.11 Å². The fourth-order valence-corrected chi connectivity index (χ4v) is 0.437. The van der Waals surface area contributed by atoms with Crippen molar-refractivity contribution in [2.45, 2.75) is 19.8 Å². The lowest BCUT2D eigenvalue weighted by molar-refractivity contribution is 0.350. The van der Waals surface area contributed by atoms with Crippen LogP contribution in [0.4, 0.5) is 0 Å². The molecule has 50 valence electrons. The summed E-state index contributed by atoms with van der Waals surface area (Å²) in [5, 5.41) is 8.23. The van der Waals surface area contributed by atoms with Crippen molar-refractivity contribution in [3.63, 3.8) is 0 Å². The standard InChI is InChI=1S/C8H12O/c1-2-3-4-5-6-7-8-9/h3-4,9H,2,5,8H2,1H3/b4-3+. The van der Waals surface area contributed by atoms with E-state index in [-0.39, 0.29) is 6.61 Å². The zero-order valence-electron chi connectivity index (χ0n) is 5.72. The van der Waals surface area contributed by atoms with Crippen molar-refractivity contribution in [3.8, 4) is 11.8 Å². The predicted octanol–water partition coefficient (Wildman–Crippen LogP) is 1.34. The number of aliphatic hydroxyl groups excluding tert-OH is 1. The van der Waals surface area contributed by atoms with Crippen molar-refractivity contribution in [2.24, 2.45) is 0 Å². The lowest BCUT2D eigenvalue weighted by Gasteiger charge is -1.75. The van der Waals surface area contributed by atoms with Crippen LogP contribution in [0.25, 0.3) is 0 Å². The van der Waals surface area contributed by atoms with Gasteiger partial charge in [-0.05, 0) is 6.42 Å². The molecular formula is C8H12O. The molecule has 0 aromatic carbocycles. The zero-order valence-corrected chi connectivity index (χ0v) is 5.72. The Bertz CT molecular complexity index is 125. The lowest BCUT2D eigenvalue weighted by atomic mass is 10.3. The van der Waals surface area contributed by atoms with Crippen LogP contribution in [-0.2, 0) is 0 Å². The van der Waals surface area contributed by atoms with Crippen LogP contribution in [0.1, 0.15) is 19.8 Å². The van der Waals surface area contributed by atoms with Crippen molar-refractivity contribution in [2.75, 3.05) is 6.61 Å². The molecule has 9 heavy (non-hydrogen) atoms. The van der Waals surface area contributed by atoms with E-state index >= 15 is 0 Å². The summed E-state index contributed by atoms with van der Waals surface area (Å²) in [6.07, 6.45) is 5.88. The van der Waals surface area contributed by atoms with Gasteiger partial charge in [0.05, 0.1) is 0 Å². The van der Waals surface area contributed by atoms with Gasteiger partial charge in [-0.3, -0.25) is 0 Å². The minimum Gasteiger partial charge on any atom is -0.384 e. The molecule has 0 atom stereocenters. The lowest BCUT2D eigenvalue weighted by Crippen LogP contribution is -1.69. The number of hydrogen-bond acceptors (Lipinski definition) is 1. The van der Waals surface area contributed by atoms with Crippen LogP contribution in [0, 0.1) is 11.8 Å². The summed E-state index contributed by atoms with van der Waals surface area (Å²) in [5.74, 6) is 5.34. The normalized spacial score (nSPS) is 9.11. The predicted molar refractivity (Wildman–Crippen MR) is 38.9 cm³/mol. The highest BCUT2D eigenvalue weighted by Gasteiger charge is 1.66. The van der Waals surface area contributed by atoms with Gasteiger partial charge in [-0.25, -0.2) is 0 Å². The molecule has 0 aliphatic carbocycles. The highest BCUT2D eigenvalue weighted by Crippen LogP contribution is 1.82. The molecule has 0 amide bonds. The second-order valence-corrected chi connectivity index (χ2v) is 1.60. The summed E-state index contributed by atoms with van der Waals surface area (Å²) in [5.41, 5.74) is 0. The van der Waals surface area contributed by atoms with Gasteiger partial charge in [0.25, 0.3) is 0 Å². The molecule has 1 heteroatoms. The molecule has 0 radical (unpaired) electrons. The average Bonchev–Trinajstić information content (AvgIpc) is 1.89. The molecule has 0 spiro atoms. The Morgan fingerprint density at radius 1 is 1.33 bits per heavy atom. The first-order valence-electron chi connectivity index (χ1n) is 3.13. The Morgan fingerprint density at radius 2 is 2.11 bits per heavy atom. The van der Waals surface area contributed by atoms with E-state index in [2.05, 4.69) is 24.8 Å². The molecule has 1 N–H and O–H groups in total. The van der Waals surface area contributed by atoms with E-state index in [1.54, 1.807) is 0 Å². The molecule has 0 aliphatic heterocycles. The zero-order chi connectivity index (χ0) is 6.95. The van der Waals surface area contributed by atoms with E-state index in [9.17, 15) is 0 Å². The summed E-state index contributed by atoms with van der Waals surface area (Å²) >= 11 is 0. The van der Waals surface area contributed by atoms with E-state index in [1.807, 2.05) is 6.08 Å². The molecule has 0 saturated heterocycles. The highest BCUT2D eigenvalue weighted by molar-refractivity contribution is 5.04. The molecule has 0 saturated carbocycles. The van der Waals surface area contributed by atoms with Gasteiger partial charge < -0.3 is 5.11 Å². The molecule has 0 unspecified atom stereocenters. The largest absolute Gasteiger partial charge is 0.384 e. The molecule has 0 aromatic rings. The molecule has 0 aliphatic rings. The number of hydrogen-bond donors (Lipinski definition) is 1. The molecule has 0 rings (SSSR count). The van der Waals surface area contributed by atoms with Crippen molar-refractivity contribution < 1.29 is 5.11 Å². The van der Waals surface area contributed by atoms with Crippen LogP contribution in [0.5, 0.6) is 0 Å². The van der Waals surface area contributed by atoms with Crippen LogP contribution in [-0.4, -0.2) is 11.7 Å². The molecule has 0 aromatic heterocycles. The molecular weight excluding hydrogens is 112 g/mol. The summed E-state index contributed by atoms with van der Waals surface area (Å²) in [4.78, 5) is 0. The van der Waals surface area contributed by atoms with E-state index in [1.165, 1.54) is 0 Å². The third-order valence-corrected chi connectivity index (χ3v) is 0.826. The SMILES string of the molecule is CC/C=C/CC#CCO. The maximum atomic E-state index is 8.23. The van der Waals surface area contributed by atoms with Gasteiger partial charge >= 0.3 is 0 Å². The first kappa shape index (κ1) is 8.26. The van der Waals surface area contributed by atoms with E-state index in [0.29, 0.717) is 0 Å². The summed E-state index contributed by atoms with van der Waals surface area (Å²) in [7, 11) is 0. The Kier molecular flexibility index (Phi) is 6.66. The van der Waals surface area contributed by atoms with Crippen molar-refractivity contribution >= 4 is 0 Å². The van der Waals surface area contributed by atoms with E-state index < -0.39 is 0 Å². The van der Waals surface area contributed by atoms with Gasteiger partial charge in [0.2, 0.25) is 0 Å². The highest BCUT2D eigenvalue weighted by atomic mass is 16.2. The third kappa shape index (κ3) is 7.26. The number of rotatable bonds is 2. The molecule has 0 heterocycles. The van der Waals surface area contributed by atoms with Crippen LogP contribution in [0.2, 0.25) is 0 Å². The Morgan fingerprint density at radius 3 is 2.67 bits per heavy atom. The van der Waals surface area contributed by atoms with Crippen LogP contribution < -0.4 is 0 Å². The van der Waals surface area contributed by atoms with Crippen molar-refractivity contribution in [1.82, 2.24) is 0 Å². The summed E-state index contributed by atoms with van der Waals surface area (Å²) < 4.78 is 0. The van der Waals surface area contributed by atoms with Gasteiger partial charge in [-0.15, -0.1) is 0 Å². The maximum absolute atomic E-state index is 8.23. The Hall–Kier alpha value is -0.740. The smallest absolute Gasteiger partial charge is 0.104 e. The average molecular weight is 124 g/mol. The maximum Gasteiger partial charge on any atom is 0.104 e. The van der Waals surface area contributed by atoms with Crippen LogP contribution in [0.3, 0.4) is 0 Å². The Balaban J connectivity index is 3.18. The fraction of sp³-hybridized carbons (Fsp3) is 0.500. The monoisotopic (exact) mass is 124 g/mol. The quantitative estimate of drug-likeness (QED) is 0.435. The fourth-order valence-electron chi connectivity index (χ4n) is 0.437. The molecule has 0 bridgehead atoms. The summed E-state index contributed by atoms with van der Waals surface area (Å²) in [6, 6.07) is 0. The van der Waals surface area contributed by atoms with Gasteiger partial charge in [-0.2, -0.15) is 0 Å². The Labute approximate surface area is 56.4 Å². The second-order valence-electron chi connectivity index (χ2n) is 1.60. The van der Waals surface area contributed by atoms with Crippen LogP contribution in [0.15, 0.2) is 12.2 Å². The first-order valence-corrected chi connectivity index (χ1v) is 3.13. The van der Waals surface area contributed by atoms with E-state index in [0.717, 1.165) is 12.8 Å². The number of aliphatic hydroxyl groups is 1. The minimum absolute atomic E-state index is 0.0278. The molecule has 1 nitrogen and oxygen atoms in total. The number of allylic oxidation sites excluding steroid dienone is 2. The molecule has 0 fully saturated rings. The summed E-state index contributed by atoms with van der Waals surface area (Å²) in [6.45, 7) is 2.05. The topological polar surface area (TPSA) is 20.2 Å². The van der Waals surface area contributed by atoms with Crippen molar-refractivity contribution in [1.29, 1.82) is 0 Å². The minimum atomic E-state index is -0.0278. The second kappa shape index (κ2) is 7.26. The van der Waals surface area contributed by atoms with Gasteiger partial charge in [0, 0.05) is 6.42 Å². The van der Waals surface area contributed by atoms with Crippen molar-refractivity contribution in [3.05, 3.63) is 12.2 Å². The van der Waals surface area contributed by atoms with Crippen LogP contribution >= 0.6 is 0 Å².